The molecule has 4 aromatic rings. The van der Waals surface area contributed by atoms with Crippen LogP contribution in [0.15, 0.2) is 83.3 Å². The van der Waals surface area contributed by atoms with Crippen molar-refractivity contribution in [1.29, 1.82) is 0 Å². The number of likely N-dealkylation sites (N-methyl/N-ethyl adjacent to an activating group) is 1. The number of benzene rings is 4. The molecule has 2 aliphatic carbocycles. The molecule has 0 saturated carbocycles. The largest absolute Gasteiger partial charge is 0.813 e. The third kappa shape index (κ3) is 5.24. The number of hydrogen-bond acceptors (Lipinski definition) is 2. The van der Waals surface area contributed by atoms with Gasteiger partial charge in [0, 0.05) is 11.5 Å². The molecule has 0 aromatic heterocycles. The van der Waals surface area contributed by atoms with Gasteiger partial charge in [0.05, 0.1) is 6.04 Å². The van der Waals surface area contributed by atoms with E-state index in [0.717, 1.165) is 10.9 Å². The van der Waals surface area contributed by atoms with E-state index in [0.29, 0.717) is 6.04 Å². The van der Waals surface area contributed by atoms with E-state index < -0.39 is 20.8 Å². The van der Waals surface area contributed by atoms with Crippen LogP contribution in [0.25, 0.3) is 22.8 Å². The molecular formula is C29H21BrCl2NSZr-3. The summed E-state index contributed by atoms with van der Waals surface area (Å²) in [7, 11) is 12.0. The van der Waals surface area contributed by atoms with Gasteiger partial charge in [0.1, 0.15) is 0 Å². The third-order valence-corrected chi connectivity index (χ3v) is 6.94. The normalized spacial score (nSPS) is 14.9. The zero-order valence-electron chi connectivity index (χ0n) is 18.9. The Labute approximate surface area is 241 Å². The molecule has 0 fully saturated rings. The zero-order valence-corrected chi connectivity index (χ0v) is 25.3. The van der Waals surface area contributed by atoms with Crippen molar-refractivity contribution in [2.75, 3.05) is 11.9 Å². The maximum absolute atomic E-state index is 4.93. The van der Waals surface area contributed by atoms with E-state index in [2.05, 4.69) is 113 Å². The van der Waals surface area contributed by atoms with E-state index in [4.69, 9.17) is 17.0 Å². The fraction of sp³-hybridized carbons (Fsp3) is 0.103. The topological polar surface area (TPSA) is 3.24 Å². The molecule has 1 nitrogen and oxygen atoms in total. The summed E-state index contributed by atoms with van der Waals surface area (Å²) in [6.45, 7) is 0. The third-order valence-electron chi connectivity index (χ3n) is 6.44. The molecule has 35 heavy (non-hydrogen) atoms. The van der Waals surface area contributed by atoms with Gasteiger partial charge in [0.25, 0.3) is 0 Å². The van der Waals surface area contributed by atoms with Crippen LogP contribution in [-0.4, -0.2) is 7.05 Å². The summed E-state index contributed by atoms with van der Waals surface area (Å²) in [6, 6.07) is 34.6. The summed E-state index contributed by atoms with van der Waals surface area (Å²) in [5, 5.41) is 0. The Morgan fingerprint density at radius 1 is 0.914 bits per heavy atom. The maximum atomic E-state index is 4.93. The van der Waals surface area contributed by atoms with Gasteiger partial charge in [-0.05, 0) is 29.7 Å². The number of nitrogens with zero attached hydrogens (tertiary/aromatic N) is 1. The molecule has 1 heterocycles. The van der Waals surface area contributed by atoms with Crippen molar-refractivity contribution in [3.8, 4) is 11.1 Å². The van der Waals surface area contributed by atoms with Crippen molar-refractivity contribution in [2.45, 2.75) is 12.5 Å². The zero-order chi connectivity index (χ0) is 23.7. The Morgan fingerprint density at radius 3 is 2.43 bits per heavy atom. The molecule has 6 heteroatoms. The van der Waals surface area contributed by atoms with Gasteiger partial charge in [-0.25, -0.2) is 0 Å². The quantitative estimate of drug-likeness (QED) is 0.0935. The summed E-state index contributed by atoms with van der Waals surface area (Å²) < 4.78 is 1.14. The molecule has 0 spiro atoms. The number of hydrogen-bond donors (Lipinski definition) is 0. The average Bonchev–Trinajstić information content (AvgIpc) is 3.50. The van der Waals surface area contributed by atoms with E-state index >= 15 is 0 Å². The number of fused-ring (bicyclic) bond motifs is 8. The number of rotatable bonds is 0. The summed E-state index contributed by atoms with van der Waals surface area (Å²) in [6.07, 6.45) is 3.38. The monoisotopic (exact) mass is 654 g/mol. The average molecular weight is 658 g/mol. The second-order valence-electron chi connectivity index (χ2n) is 8.29. The van der Waals surface area contributed by atoms with Crippen molar-refractivity contribution in [3.63, 3.8) is 0 Å². The molecule has 0 radical (unpaired) electrons. The van der Waals surface area contributed by atoms with E-state index in [-0.39, 0.29) is 13.5 Å². The second kappa shape index (κ2) is 11.8. The van der Waals surface area contributed by atoms with Gasteiger partial charge in [-0.1, -0.05) is 74.7 Å². The molecule has 176 valence electrons. The summed E-state index contributed by atoms with van der Waals surface area (Å²) in [5.41, 5.74) is 12.1. The fourth-order valence-corrected chi connectivity index (χ4v) is 5.43. The molecule has 7 rings (SSSR count). The minimum atomic E-state index is -0.826. The molecule has 0 bridgehead atoms. The van der Waals surface area contributed by atoms with Gasteiger partial charge < -0.3 is 18.4 Å². The van der Waals surface area contributed by atoms with Crippen LogP contribution in [0.4, 0.5) is 5.69 Å². The molecule has 0 N–H and O–H groups in total. The molecule has 1 atom stereocenters. The van der Waals surface area contributed by atoms with Crippen LogP contribution in [0.1, 0.15) is 33.9 Å². The van der Waals surface area contributed by atoms with Crippen molar-refractivity contribution >= 4 is 63.8 Å². The van der Waals surface area contributed by atoms with Gasteiger partial charge in [-0.15, -0.1) is 41.0 Å². The van der Waals surface area contributed by atoms with Crippen molar-refractivity contribution < 1.29 is 20.8 Å². The predicted octanol–water partition coefficient (Wildman–Crippen LogP) is 8.46. The van der Waals surface area contributed by atoms with Crippen LogP contribution in [-0.2, 0) is 40.8 Å². The van der Waals surface area contributed by atoms with E-state index in [1.165, 1.54) is 50.2 Å². The first-order valence-corrected chi connectivity index (χ1v) is 18.0. The first-order chi connectivity index (χ1) is 16.6. The van der Waals surface area contributed by atoms with Crippen LogP contribution < -0.4 is 4.90 Å². The van der Waals surface area contributed by atoms with Crippen molar-refractivity contribution in [1.82, 2.24) is 0 Å². The molecule has 1 unspecified atom stereocenters. The Kier molecular flexibility index (Phi) is 9.06. The van der Waals surface area contributed by atoms with Gasteiger partial charge in [-0.2, -0.15) is 24.3 Å². The van der Waals surface area contributed by atoms with Crippen LogP contribution in [0.2, 0.25) is 0 Å². The first-order valence-electron chi connectivity index (χ1n) is 10.9. The van der Waals surface area contributed by atoms with Crippen molar-refractivity contribution in [3.05, 3.63) is 123 Å². The summed E-state index contributed by atoms with van der Waals surface area (Å²) in [4.78, 5) is 2.32. The number of anilines is 1. The smallest absolute Gasteiger partial charge is 0.0454 e. The molecular weight excluding hydrogens is 636 g/mol. The van der Waals surface area contributed by atoms with Crippen LogP contribution in [0, 0.1) is 12.1 Å². The SMILES string of the molecule is CN1c2[c-]cccc2C2=Cc3cc(Br)ccc3C21.[Cl][Zr][Cl].[SH-].[c-]1cccc2c1-c1ccccc1C2. The van der Waals surface area contributed by atoms with Gasteiger partial charge in [0.2, 0.25) is 0 Å². The Hall–Kier alpha value is -1.29. The number of halogens is 3. The number of thiol groups is 1. The van der Waals surface area contributed by atoms with Gasteiger partial charge >= 0.3 is 37.9 Å². The Morgan fingerprint density at radius 2 is 1.60 bits per heavy atom. The van der Waals surface area contributed by atoms with E-state index in [1.54, 1.807) is 0 Å². The van der Waals surface area contributed by atoms with Gasteiger partial charge in [-0.3, -0.25) is 0 Å². The van der Waals surface area contributed by atoms with Crippen molar-refractivity contribution in [2.24, 2.45) is 0 Å². The van der Waals surface area contributed by atoms with Crippen LogP contribution >= 0.6 is 33.0 Å². The molecule has 0 amide bonds. The summed E-state index contributed by atoms with van der Waals surface area (Å²) >= 11 is 2.72. The first kappa shape index (κ1) is 26.8. The maximum Gasteiger partial charge on any atom is -0.0454 e. The number of para-hydroxylation sites is 1. The Bertz CT molecular complexity index is 1350. The van der Waals surface area contributed by atoms with Crippen LogP contribution in [0.5, 0.6) is 0 Å². The molecule has 4 aromatic carbocycles. The predicted molar refractivity (Wildman–Crippen MR) is 152 cm³/mol. The molecule has 0 saturated heterocycles. The Balaban J connectivity index is 0.000000150. The van der Waals surface area contributed by atoms with E-state index in [1.807, 2.05) is 12.1 Å². The standard InChI is InChI=1S/C16H11BrN.C13H9.2ClH.H2S.Zr/c1-18-15-5-3-2-4-13(15)14-9-10-8-11(17)6-7-12(10)16(14)18;1-3-7-12-10(5-1)9-11-6-2-4-8-13(11)12;;;;/h2-4,6-9,16H,1H3;1-7H,9H2;2*1H;1H2;/q2*-1;;;;+2/p-3. The van der Waals surface area contributed by atoms with Gasteiger partial charge in [0.15, 0.2) is 0 Å². The fourth-order valence-electron chi connectivity index (χ4n) is 5.05. The minimum Gasteiger partial charge on any atom is -0.813 e. The second-order valence-corrected chi connectivity index (χ2v) is 12.9. The molecule has 1 aliphatic heterocycles. The van der Waals surface area contributed by atoms with Crippen LogP contribution in [0.3, 0.4) is 0 Å². The summed E-state index contributed by atoms with van der Waals surface area (Å²) in [5.74, 6) is 0. The molecule has 3 aliphatic rings. The van der Waals surface area contributed by atoms with E-state index in [9.17, 15) is 0 Å². The minimum absolute atomic E-state index is 0.